The first-order valence-electron chi connectivity index (χ1n) is 26.7. The van der Waals surface area contributed by atoms with E-state index in [1.807, 2.05) is 0 Å². The normalized spacial score (nSPS) is 12.6. The molecule has 0 aliphatic rings. The molecule has 0 aromatic rings. The molecule has 0 aliphatic heterocycles. The lowest BCUT2D eigenvalue weighted by molar-refractivity contribution is -0.144. The molecular formula is C53H106N2O5. The van der Waals surface area contributed by atoms with Crippen LogP contribution in [0.25, 0.3) is 0 Å². The van der Waals surface area contributed by atoms with Crippen molar-refractivity contribution >= 4 is 11.9 Å². The largest absolute Gasteiger partial charge is 0.466 e. The van der Waals surface area contributed by atoms with Crippen LogP contribution in [0.15, 0.2) is 0 Å². The highest BCUT2D eigenvalue weighted by Crippen LogP contribution is 2.19. The summed E-state index contributed by atoms with van der Waals surface area (Å²) >= 11 is 0. The molecule has 0 rings (SSSR count). The molecule has 2 atom stereocenters. The van der Waals surface area contributed by atoms with Crippen LogP contribution in [0, 0.1) is 5.92 Å². The topological polar surface area (TPSA) is 88.1 Å². The second-order valence-corrected chi connectivity index (χ2v) is 18.9. The van der Waals surface area contributed by atoms with E-state index in [1.54, 1.807) is 0 Å². The summed E-state index contributed by atoms with van der Waals surface area (Å²) in [5, 5.41) is 14.7. The summed E-state index contributed by atoms with van der Waals surface area (Å²) in [7, 11) is 4.20. The molecule has 0 saturated heterocycles. The van der Waals surface area contributed by atoms with Gasteiger partial charge in [-0.2, -0.15) is 0 Å². The molecule has 0 aromatic heterocycles. The SMILES string of the molecule is CCCCCCCCCCCCCCCCCC(=O)OCCCCCC(O)C(CCCCOC(=O)CCCCCCCCCCCCCCCCC)CNCCCN(C)C. The van der Waals surface area contributed by atoms with Crippen LogP contribution in [0.5, 0.6) is 0 Å². The van der Waals surface area contributed by atoms with Crippen molar-refractivity contribution < 1.29 is 24.2 Å². The van der Waals surface area contributed by atoms with Gasteiger partial charge in [0.25, 0.3) is 0 Å². The van der Waals surface area contributed by atoms with Gasteiger partial charge in [0.2, 0.25) is 0 Å². The lowest BCUT2D eigenvalue weighted by Gasteiger charge is -2.24. The first-order chi connectivity index (χ1) is 29.4. The first kappa shape index (κ1) is 58.8. The Morgan fingerprint density at radius 3 is 1.17 bits per heavy atom. The minimum Gasteiger partial charge on any atom is -0.466 e. The van der Waals surface area contributed by atoms with E-state index in [0.717, 1.165) is 96.7 Å². The molecule has 0 spiro atoms. The summed E-state index contributed by atoms with van der Waals surface area (Å²) in [6, 6.07) is 0. The number of nitrogens with zero attached hydrogens (tertiary/aromatic N) is 1. The zero-order valence-corrected chi connectivity index (χ0v) is 41.0. The Hall–Kier alpha value is -1.18. The van der Waals surface area contributed by atoms with Crippen LogP contribution in [0.1, 0.15) is 271 Å². The van der Waals surface area contributed by atoms with Crippen molar-refractivity contribution in [3.63, 3.8) is 0 Å². The van der Waals surface area contributed by atoms with Crippen molar-refractivity contribution in [2.45, 2.75) is 277 Å². The molecule has 0 aliphatic carbocycles. The summed E-state index contributed by atoms with van der Waals surface area (Å²) < 4.78 is 11.1. The van der Waals surface area contributed by atoms with Gasteiger partial charge in [-0.1, -0.05) is 200 Å². The van der Waals surface area contributed by atoms with Gasteiger partial charge >= 0.3 is 11.9 Å². The number of ether oxygens (including phenoxy) is 2. The van der Waals surface area contributed by atoms with Gasteiger partial charge in [0.15, 0.2) is 0 Å². The molecule has 0 bridgehead atoms. The van der Waals surface area contributed by atoms with Gasteiger partial charge in [-0.3, -0.25) is 9.59 Å². The summed E-state index contributed by atoms with van der Waals surface area (Å²) in [6.07, 6.45) is 47.8. The van der Waals surface area contributed by atoms with E-state index >= 15 is 0 Å². The fourth-order valence-electron chi connectivity index (χ4n) is 8.41. The molecule has 0 heterocycles. The molecule has 358 valence electrons. The first-order valence-corrected chi connectivity index (χ1v) is 26.7. The highest BCUT2D eigenvalue weighted by Gasteiger charge is 2.19. The highest BCUT2D eigenvalue weighted by atomic mass is 16.5. The Balaban J connectivity index is 3.94. The van der Waals surface area contributed by atoms with Gasteiger partial charge < -0.3 is 24.8 Å². The van der Waals surface area contributed by atoms with E-state index in [4.69, 9.17) is 9.47 Å². The van der Waals surface area contributed by atoms with Crippen LogP contribution in [-0.4, -0.2) is 75.0 Å². The third-order valence-corrected chi connectivity index (χ3v) is 12.5. The fourth-order valence-corrected chi connectivity index (χ4v) is 8.41. The Bertz CT molecular complexity index is 870. The van der Waals surface area contributed by atoms with E-state index in [9.17, 15) is 14.7 Å². The highest BCUT2D eigenvalue weighted by molar-refractivity contribution is 5.69. The number of aliphatic hydroxyl groups excluding tert-OH is 1. The summed E-state index contributed by atoms with van der Waals surface area (Å²) in [6.45, 7) is 8.34. The molecule has 2 unspecified atom stereocenters. The van der Waals surface area contributed by atoms with Crippen LogP contribution in [-0.2, 0) is 19.1 Å². The average Bonchev–Trinajstić information content (AvgIpc) is 3.23. The number of carbonyl (C=O) groups excluding carboxylic acids is 2. The number of aliphatic hydroxyl groups is 1. The van der Waals surface area contributed by atoms with E-state index in [0.29, 0.717) is 26.1 Å². The quantitative estimate of drug-likeness (QED) is 0.0465. The number of carbonyl (C=O) groups is 2. The van der Waals surface area contributed by atoms with Gasteiger partial charge in [-0.15, -0.1) is 0 Å². The van der Waals surface area contributed by atoms with Gasteiger partial charge in [-0.25, -0.2) is 0 Å². The maximum Gasteiger partial charge on any atom is 0.305 e. The van der Waals surface area contributed by atoms with Gasteiger partial charge in [0.1, 0.15) is 0 Å². The van der Waals surface area contributed by atoms with Crippen LogP contribution in [0.4, 0.5) is 0 Å². The molecule has 7 nitrogen and oxygen atoms in total. The molecule has 0 radical (unpaired) electrons. The van der Waals surface area contributed by atoms with E-state index in [1.165, 1.54) is 167 Å². The maximum atomic E-state index is 12.3. The standard InChI is InChI=1S/C53H106N2O5/c1-5-7-9-11-13-15-17-19-21-23-25-27-29-31-35-43-52(57)59-47-38-33-34-42-51(56)50(49-54-45-40-46-55(3)4)41-37-39-48-60-53(58)44-36-32-30-28-26-24-22-20-18-16-14-12-10-8-6-2/h50-51,54,56H,5-49H2,1-4H3. The third-order valence-electron chi connectivity index (χ3n) is 12.5. The predicted octanol–water partition coefficient (Wildman–Crippen LogP) is 14.8. The average molecular weight is 851 g/mol. The van der Waals surface area contributed by atoms with Crippen LogP contribution in [0.3, 0.4) is 0 Å². The fraction of sp³-hybridized carbons (Fsp3) is 0.962. The molecule has 60 heavy (non-hydrogen) atoms. The molecule has 7 heteroatoms. The van der Waals surface area contributed by atoms with Crippen molar-refractivity contribution in [3.05, 3.63) is 0 Å². The van der Waals surface area contributed by atoms with E-state index < -0.39 is 0 Å². The number of nitrogens with one attached hydrogen (secondary N) is 1. The van der Waals surface area contributed by atoms with Crippen molar-refractivity contribution in [2.24, 2.45) is 5.92 Å². The molecule has 0 saturated carbocycles. The molecule has 0 amide bonds. The monoisotopic (exact) mass is 851 g/mol. The van der Waals surface area contributed by atoms with Gasteiger partial charge in [-0.05, 0) is 90.9 Å². The molecule has 0 aromatic carbocycles. The zero-order valence-electron chi connectivity index (χ0n) is 41.0. The number of hydrogen-bond acceptors (Lipinski definition) is 7. The lowest BCUT2D eigenvalue weighted by Crippen LogP contribution is -2.33. The number of hydrogen-bond donors (Lipinski definition) is 2. The van der Waals surface area contributed by atoms with Crippen LogP contribution in [0.2, 0.25) is 0 Å². The number of esters is 2. The zero-order chi connectivity index (χ0) is 43.8. The Morgan fingerprint density at radius 2 is 0.783 bits per heavy atom. The van der Waals surface area contributed by atoms with Crippen molar-refractivity contribution in [1.29, 1.82) is 0 Å². The Morgan fingerprint density at radius 1 is 0.450 bits per heavy atom. The molecular weight excluding hydrogens is 745 g/mol. The third kappa shape index (κ3) is 46.3. The predicted molar refractivity (Wildman–Crippen MR) is 259 cm³/mol. The van der Waals surface area contributed by atoms with Gasteiger partial charge in [0.05, 0.1) is 19.3 Å². The van der Waals surface area contributed by atoms with Crippen LogP contribution >= 0.6 is 0 Å². The molecule has 0 fully saturated rings. The number of unbranched alkanes of at least 4 members (excludes halogenated alkanes) is 31. The van der Waals surface area contributed by atoms with E-state index in [-0.39, 0.29) is 24.0 Å². The van der Waals surface area contributed by atoms with Crippen molar-refractivity contribution in [3.8, 4) is 0 Å². The van der Waals surface area contributed by atoms with Crippen molar-refractivity contribution in [2.75, 3.05) is 46.9 Å². The minimum atomic E-state index is -0.355. The molecule has 2 N–H and O–H groups in total. The lowest BCUT2D eigenvalue weighted by atomic mass is 9.92. The second-order valence-electron chi connectivity index (χ2n) is 18.9. The van der Waals surface area contributed by atoms with Crippen LogP contribution < -0.4 is 5.32 Å². The Kier molecular flexibility index (Phi) is 47.9. The minimum absolute atomic E-state index is 0.0548. The van der Waals surface area contributed by atoms with E-state index in [2.05, 4.69) is 38.2 Å². The van der Waals surface area contributed by atoms with Crippen molar-refractivity contribution in [1.82, 2.24) is 10.2 Å². The number of rotatable bonds is 50. The summed E-state index contributed by atoms with van der Waals surface area (Å²) in [4.78, 5) is 26.7. The second kappa shape index (κ2) is 48.8. The maximum absolute atomic E-state index is 12.3. The Labute approximate surface area is 374 Å². The van der Waals surface area contributed by atoms with Gasteiger partial charge in [0, 0.05) is 19.4 Å². The summed E-state index contributed by atoms with van der Waals surface area (Å²) in [5.41, 5.74) is 0. The summed E-state index contributed by atoms with van der Waals surface area (Å²) in [5.74, 6) is 0.0773. The smallest absolute Gasteiger partial charge is 0.305 e.